The van der Waals surface area contributed by atoms with E-state index in [-0.39, 0.29) is 24.0 Å². The highest BCUT2D eigenvalue weighted by atomic mass is 127. The number of rotatable bonds is 8. The van der Waals surface area contributed by atoms with Gasteiger partial charge >= 0.3 is 0 Å². The summed E-state index contributed by atoms with van der Waals surface area (Å²) >= 11 is 0. The number of halogens is 1. The Bertz CT molecular complexity index is 464. The summed E-state index contributed by atoms with van der Waals surface area (Å²) in [7, 11) is 0. The van der Waals surface area contributed by atoms with Crippen LogP contribution >= 0.6 is 24.0 Å². The first-order chi connectivity index (χ1) is 10.7. The molecule has 0 bridgehead atoms. The summed E-state index contributed by atoms with van der Waals surface area (Å²) in [6, 6.07) is 10.1. The largest absolute Gasteiger partial charge is 0.388 e. The van der Waals surface area contributed by atoms with Crippen molar-refractivity contribution in [3.05, 3.63) is 35.9 Å². The topological polar surface area (TPSA) is 65.9 Å². The molecule has 0 saturated heterocycles. The SMILES string of the molecule is CCNC(=NCC1(O)CCC1)NCCOCc1ccccc1.I. The van der Waals surface area contributed by atoms with Crippen LogP contribution < -0.4 is 10.6 Å². The van der Waals surface area contributed by atoms with Crippen molar-refractivity contribution in [3.63, 3.8) is 0 Å². The fraction of sp³-hybridized carbons (Fsp3) is 0.588. The van der Waals surface area contributed by atoms with E-state index in [9.17, 15) is 5.11 Å². The Kier molecular flexibility index (Phi) is 9.50. The molecule has 1 aliphatic rings. The minimum Gasteiger partial charge on any atom is -0.388 e. The normalized spacial score (nSPS) is 16.2. The van der Waals surface area contributed by atoms with Crippen LogP contribution in [0.3, 0.4) is 0 Å². The molecular formula is C17H28IN3O2. The lowest BCUT2D eigenvalue weighted by atomic mass is 9.80. The van der Waals surface area contributed by atoms with Gasteiger partial charge in [0.2, 0.25) is 0 Å². The van der Waals surface area contributed by atoms with Crippen molar-refractivity contribution in [2.75, 3.05) is 26.2 Å². The number of hydrogen-bond acceptors (Lipinski definition) is 3. The predicted molar refractivity (Wildman–Crippen MR) is 104 cm³/mol. The highest BCUT2D eigenvalue weighted by Gasteiger charge is 2.34. The van der Waals surface area contributed by atoms with Gasteiger partial charge in [0.25, 0.3) is 0 Å². The van der Waals surface area contributed by atoms with E-state index < -0.39 is 5.60 Å². The zero-order valence-electron chi connectivity index (χ0n) is 13.8. The van der Waals surface area contributed by atoms with E-state index in [1.165, 1.54) is 5.56 Å². The molecule has 130 valence electrons. The Balaban J connectivity index is 0.00000264. The van der Waals surface area contributed by atoms with Crippen LogP contribution in [0.15, 0.2) is 35.3 Å². The van der Waals surface area contributed by atoms with Crippen LogP contribution in [0.25, 0.3) is 0 Å². The second kappa shape index (κ2) is 10.8. The van der Waals surface area contributed by atoms with E-state index in [2.05, 4.69) is 27.8 Å². The van der Waals surface area contributed by atoms with Crippen molar-refractivity contribution in [2.24, 2.45) is 4.99 Å². The summed E-state index contributed by atoms with van der Waals surface area (Å²) in [5, 5.41) is 16.5. The summed E-state index contributed by atoms with van der Waals surface area (Å²) < 4.78 is 5.63. The van der Waals surface area contributed by atoms with Crippen LogP contribution in [0.2, 0.25) is 0 Å². The number of aliphatic hydroxyl groups is 1. The van der Waals surface area contributed by atoms with Crippen molar-refractivity contribution >= 4 is 29.9 Å². The smallest absolute Gasteiger partial charge is 0.191 e. The summed E-state index contributed by atoms with van der Waals surface area (Å²) in [5.74, 6) is 0.742. The molecule has 2 rings (SSSR count). The van der Waals surface area contributed by atoms with Crippen LogP contribution in [0.1, 0.15) is 31.7 Å². The Morgan fingerprint density at radius 3 is 2.61 bits per heavy atom. The van der Waals surface area contributed by atoms with Gasteiger partial charge in [-0.05, 0) is 31.7 Å². The van der Waals surface area contributed by atoms with Crippen LogP contribution in [-0.2, 0) is 11.3 Å². The summed E-state index contributed by atoms with van der Waals surface area (Å²) in [6.07, 6.45) is 2.81. The highest BCUT2D eigenvalue weighted by Crippen LogP contribution is 2.31. The first kappa shape index (κ1) is 20.2. The van der Waals surface area contributed by atoms with Crippen LogP contribution in [0.4, 0.5) is 0 Å². The number of nitrogens with one attached hydrogen (secondary N) is 2. The molecule has 3 N–H and O–H groups in total. The van der Waals surface area contributed by atoms with Crippen molar-refractivity contribution in [1.82, 2.24) is 10.6 Å². The minimum absolute atomic E-state index is 0. The molecule has 0 aromatic heterocycles. The van der Waals surface area contributed by atoms with Gasteiger partial charge in [-0.3, -0.25) is 4.99 Å². The van der Waals surface area contributed by atoms with E-state index >= 15 is 0 Å². The zero-order valence-corrected chi connectivity index (χ0v) is 16.1. The molecule has 1 fully saturated rings. The monoisotopic (exact) mass is 433 g/mol. The molecule has 0 aliphatic heterocycles. The molecule has 1 saturated carbocycles. The van der Waals surface area contributed by atoms with E-state index in [4.69, 9.17) is 4.74 Å². The van der Waals surface area contributed by atoms with Gasteiger partial charge in [0.15, 0.2) is 5.96 Å². The van der Waals surface area contributed by atoms with Crippen LogP contribution in [0, 0.1) is 0 Å². The van der Waals surface area contributed by atoms with Gasteiger partial charge in [-0.1, -0.05) is 30.3 Å². The molecule has 6 heteroatoms. The average Bonchev–Trinajstić information content (AvgIpc) is 2.51. The van der Waals surface area contributed by atoms with Crippen molar-refractivity contribution < 1.29 is 9.84 Å². The molecule has 5 nitrogen and oxygen atoms in total. The zero-order chi connectivity index (χ0) is 15.7. The van der Waals surface area contributed by atoms with Crippen molar-refractivity contribution in [3.8, 4) is 0 Å². The lowest BCUT2D eigenvalue weighted by Gasteiger charge is -2.35. The van der Waals surface area contributed by atoms with E-state index in [0.717, 1.165) is 31.8 Å². The highest BCUT2D eigenvalue weighted by molar-refractivity contribution is 14.0. The van der Waals surface area contributed by atoms with E-state index in [1.807, 2.05) is 25.1 Å². The van der Waals surface area contributed by atoms with Crippen LogP contribution in [-0.4, -0.2) is 42.9 Å². The van der Waals surface area contributed by atoms with Gasteiger partial charge in [-0.25, -0.2) is 0 Å². The molecule has 0 radical (unpaired) electrons. The Morgan fingerprint density at radius 1 is 1.26 bits per heavy atom. The maximum Gasteiger partial charge on any atom is 0.191 e. The van der Waals surface area contributed by atoms with Gasteiger partial charge in [0.05, 0.1) is 25.4 Å². The molecule has 0 amide bonds. The first-order valence-electron chi connectivity index (χ1n) is 8.08. The molecule has 1 aromatic rings. The number of hydrogen-bond donors (Lipinski definition) is 3. The number of ether oxygens (including phenoxy) is 1. The maximum absolute atomic E-state index is 10.1. The fourth-order valence-corrected chi connectivity index (χ4v) is 2.32. The Labute approximate surface area is 155 Å². The molecule has 23 heavy (non-hydrogen) atoms. The molecule has 0 heterocycles. The molecule has 0 spiro atoms. The first-order valence-corrected chi connectivity index (χ1v) is 8.08. The molecule has 1 aromatic carbocycles. The van der Waals surface area contributed by atoms with E-state index in [0.29, 0.717) is 26.3 Å². The second-order valence-electron chi connectivity index (χ2n) is 5.74. The fourth-order valence-electron chi connectivity index (χ4n) is 2.32. The third-order valence-electron chi connectivity index (χ3n) is 3.81. The van der Waals surface area contributed by atoms with Gasteiger partial charge in [-0.15, -0.1) is 24.0 Å². The van der Waals surface area contributed by atoms with Gasteiger partial charge in [-0.2, -0.15) is 0 Å². The quantitative estimate of drug-likeness (QED) is 0.255. The third-order valence-corrected chi connectivity index (χ3v) is 3.81. The number of nitrogens with zero attached hydrogens (tertiary/aromatic N) is 1. The van der Waals surface area contributed by atoms with Crippen LogP contribution in [0.5, 0.6) is 0 Å². The lowest BCUT2D eigenvalue weighted by molar-refractivity contribution is -0.0236. The maximum atomic E-state index is 10.1. The van der Waals surface area contributed by atoms with Gasteiger partial charge < -0.3 is 20.5 Å². The predicted octanol–water partition coefficient (Wildman–Crippen LogP) is 2.29. The molecule has 0 atom stereocenters. The summed E-state index contributed by atoms with van der Waals surface area (Å²) in [5.41, 5.74) is 0.599. The van der Waals surface area contributed by atoms with Crippen molar-refractivity contribution in [1.29, 1.82) is 0 Å². The minimum atomic E-state index is -0.577. The number of aliphatic imine (C=N–C) groups is 1. The lowest BCUT2D eigenvalue weighted by Crippen LogP contribution is -2.43. The number of guanidine groups is 1. The summed E-state index contributed by atoms with van der Waals surface area (Å²) in [4.78, 5) is 4.45. The molecule has 1 aliphatic carbocycles. The Morgan fingerprint density at radius 2 is 2.00 bits per heavy atom. The van der Waals surface area contributed by atoms with E-state index in [1.54, 1.807) is 0 Å². The molecule has 0 unspecified atom stereocenters. The van der Waals surface area contributed by atoms with Gasteiger partial charge in [0, 0.05) is 13.1 Å². The average molecular weight is 433 g/mol. The second-order valence-corrected chi connectivity index (χ2v) is 5.74. The Hall–Kier alpha value is -0.860. The molecular weight excluding hydrogens is 405 g/mol. The third kappa shape index (κ3) is 7.50. The van der Waals surface area contributed by atoms with Gasteiger partial charge in [0.1, 0.15) is 0 Å². The summed E-state index contributed by atoms with van der Waals surface area (Å²) in [6.45, 7) is 5.22. The van der Waals surface area contributed by atoms with Crippen molar-refractivity contribution in [2.45, 2.75) is 38.4 Å². The standard InChI is InChI=1S/C17H27N3O2.HI/c1-2-18-16(20-14-17(21)9-6-10-17)19-11-12-22-13-15-7-4-3-5-8-15;/h3-5,7-8,21H,2,6,9-14H2,1H3,(H2,18,19,20);1H. The number of benzene rings is 1.